The lowest BCUT2D eigenvalue weighted by Crippen LogP contribution is -2.58. The number of aliphatic hydroxyl groups is 1. The smallest absolute Gasteiger partial charge is 0.338 e. The lowest BCUT2D eigenvalue weighted by molar-refractivity contribution is -0.157. The molecule has 10 heteroatoms. The van der Waals surface area contributed by atoms with Crippen molar-refractivity contribution in [2.45, 2.75) is 58.0 Å². The van der Waals surface area contributed by atoms with Gasteiger partial charge in [0.25, 0.3) is 0 Å². The van der Waals surface area contributed by atoms with E-state index >= 15 is 0 Å². The molecule has 0 radical (unpaired) electrons. The molecule has 3 atom stereocenters. The summed E-state index contributed by atoms with van der Waals surface area (Å²) in [5.74, 6) is 0.499. The number of piperazine rings is 1. The highest BCUT2D eigenvalue weighted by Gasteiger charge is 2.44. The highest BCUT2D eigenvalue weighted by atomic mass is 16.5. The number of rotatable bonds is 10. The summed E-state index contributed by atoms with van der Waals surface area (Å²) in [7, 11) is 1.79. The van der Waals surface area contributed by atoms with Gasteiger partial charge in [-0.15, -0.1) is 0 Å². The van der Waals surface area contributed by atoms with Crippen molar-refractivity contribution < 1.29 is 28.9 Å². The third kappa shape index (κ3) is 6.21. The Labute approximate surface area is 259 Å². The van der Waals surface area contributed by atoms with Crippen LogP contribution in [-0.2, 0) is 27.2 Å². The standard InChI is InChI=1S/C34H44N4O6/c1-4-5-16-44-34(41)25-8-6-24(7-9-25)21-38-28-11-10-26(43-18-15-36-14-17-42-23(2)20-36)19-27(28)31-29(38)12-13-37-30(39)22-35(3)33(40)32(31)37/h6-11,19,23,32-33,40H,4-5,12-18,20-22H2,1-3H3/t23-,32?,33?/m0/s1. The van der Waals surface area contributed by atoms with Gasteiger partial charge >= 0.3 is 5.97 Å². The second kappa shape index (κ2) is 13.3. The van der Waals surface area contributed by atoms with Crippen molar-refractivity contribution in [1.82, 2.24) is 19.3 Å². The number of likely N-dealkylation sites (N-methyl/N-ethyl adjacent to an activating group) is 1. The Balaban J connectivity index is 1.30. The summed E-state index contributed by atoms with van der Waals surface area (Å²) in [4.78, 5) is 31.4. The number of ether oxygens (including phenoxy) is 3. The van der Waals surface area contributed by atoms with Crippen molar-refractivity contribution in [2.75, 3.05) is 59.6 Å². The number of morpholine rings is 1. The summed E-state index contributed by atoms with van der Waals surface area (Å²) in [5, 5.41) is 12.4. The van der Waals surface area contributed by atoms with Crippen molar-refractivity contribution in [1.29, 1.82) is 0 Å². The van der Waals surface area contributed by atoms with Gasteiger partial charge in [-0.25, -0.2) is 4.79 Å². The predicted molar refractivity (Wildman–Crippen MR) is 167 cm³/mol. The molecule has 1 N–H and O–H groups in total. The number of carbonyl (C=O) groups is 2. The average molecular weight is 605 g/mol. The molecule has 236 valence electrons. The van der Waals surface area contributed by atoms with Crippen molar-refractivity contribution in [3.05, 3.63) is 64.8 Å². The van der Waals surface area contributed by atoms with Gasteiger partial charge in [-0.05, 0) is 56.3 Å². The van der Waals surface area contributed by atoms with E-state index < -0.39 is 12.3 Å². The van der Waals surface area contributed by atoms with Crippen LogP contribution in [0.5, 0.6) is 5.75 Å². The summed E-state index contributed by atoms with van der Waals surface area (Å²) in [6.45, 7) is 9.87. The summed E-state index contributed by atoms with van der Waals surface area (Å²) in [6, 6.07) is 13.3. The number of nitrogens with zero attached hydrogens (tertiary/aromatic N) is 4. The molecule has 2 unspecified atom stereocenters. The molecule has 2 aromatic carbocycles. The second-order valence-electron chi connectivity index (χ2n) is 12.3. The molecule has 0 saturated carbocycles. The molecule has 0 aliphatic carbocycles. The Morgan fingerprint density at radius 3 is 2.70 bits per heavy atom. The maximum Gasteiger partial charge on any atom is 0.338 e. The van der Waals surface area contributed by atoms with Crippen molar-refractivity contribution in [3.8, 4) is 5.75 Å². The SMILES string of the molecule is CCCCOC(=O)c1ccc(Cn2c3c(c4cc(OCCN5CCO[C@@H](C)C5)ccc42)C2C(O)N(C)CC(=O)N2CC3)cc1. The van der Waals surface area contributed by atoms with Crippen molar-refractivity contribution in [3.63, 3.8) is 0 Å². The molecule has 3 aromatic rings. The summed E-state index contributed by atoms with van der Waals surface area (Å²) in [6.07, 6.45) is 1.94. The average Bonchev–Trinajstić information content (AvgIpc) is 3.32. The van der Waals surface area contributed by atoms with Gasteiger partial charge < -0.3 is 28.8 Å². The maximum atomic E-state index is 13.1. The van der Waals surface area contributed by atoms with Gasteiger partial charge in [0.1, 0.15) is 18.6 Å². The molecule has 3 aliphatic rings. The van der Waals surface area contributed by atoms with Crippen LogP contribution in [0.3, 0.4) is 0 Å². The first-order chi connectivity index (χ1) is 21.3. The lowest BCUT2D eigenvalue weighted by Gasteiger charge is -2.46. The fraction of sp³-hybridized carbons (Fsp3) is 0.529. The zero-order valence-corrected chi connectivity index (χ0v) is 26.0. The van der Waals surface area contributed by atoms with Gasteiger partial charge in [0.15, 0.2) is 0 Å². The Hall–Kier alpha value is -3.44. The molecular formula is C34H44N4O6. The Kier molecular flexibility index (Phi) is 9.23. The van der Waals surface area contributed by atoms with Crippen LogP contribution >= 0.6 is 0 Å². The molecule has 0 spiro atoms. The maximum absolute atomic E-state index is 13.1. The van der Waals surface area contributed by atoms with Crippen molar-refractivity contribution in [2.24, 2.45) is 0 Å². The number of hydrogen-bond acceptors (Lipinski definition) is 8. The first kappa shape index (κ1) is 30.6. The highest BCUT2D eigenvalue weighted by molar-refractivity contribution is 5.90. The Bertz CT molecular complexity index is 1490. The van der Waals surface area contributed by atoms with E-state index in [9.17, 15) is 14.7 Å². The molecule has 2 saturated heterocycles. The van der Waals surface area contributed by atoms with Crippen LogP contribution in [0.4, 0.5) is 0 Å². The van der Waals surface area contributed by atoms with Gasteiger partial charge in [0, 0.05) is 61.3 Å². The molecule has 0 bridgehead atoms. The number of aliphatic hydroxyl groups excluding tert-OH is 1. The quantitative estimate of drug-likeness (QED) is 0.278. The van der Waals surface area contributed by atoms with Crippen LogP contribution in [0.2, 0.25) is 0 Å². The van der Waals surface area contributed by atoms with E-state index in [0.717, 1.165) is 72.6 Å². The lowest BCUT2D eigenvalue weighted by atomic mass is 9.92. The van der Waals surface area contributed by atoms with Gasteiger partial charge in [0.05, 0.1) is 37.5 Å². The third-order valence-corrected chi connectivity index (χ3v) is 9.11. The van der Waals surface area contributed by atoms with Crippen LogP contribution < -0.4 is 4.74 Å². The van der Waals surface area contributed by atoms with Gasteiger partial charge in [-0.2, -0.15) is 0 Å². The normalized spacial score (nSPS) is 22.6. The van der Waals surface area contributed by atoms with Crippen LogP contribution in [0.1, 0.15) is 59.9 Å². The summed E-state index contributed by atoms with van der Waals surface area (Å²) >= 11 is 0. The zero-order valence-electron chi connectivity index (χ0n) is 26.0. The molecule has 1 aromatic heterocycles. The first-order valence-electron chi connectivity index (χ1n) is 15.9. The first-order valence-corrected chi connectivity index (χ1v) is 15.9. The molecule has 2 fully saturated rings. The van der Waals surface area contributed by atoms with Crippen LogP contribution in [-0.4, -0.2) is 108 Å². The molecule has 1 amide bonds. The minimum Gasteiger partial charge on any atom is -0.492 e. The fourth-order valence-electron chi connectivity index (χ4n) is 6.74. The largest absolute Gasteiger partial charge is 0.492 e. The van der Waals surface area contributed by atoms with E-state index in [1.54, 1.807) is 11.9 Å². The van der Waals surface area contributed by atoms with E-state index in [2.05, 4.69) is 35.4 Å². The minimum atomic E-state index is -0.809. The molecule has 10 nitrogen and oxygen atoms in total. The Morgan fingerprint density at radius 1 is 1.11 bits per heavy atom. The third-order valence-electron chi connectivity index (χ3n) is 9.11. The van der Waals surface area contributed by atoms with Crippen LogP contribution in [0, 0.1) is 0 Å². The number of carbonyl (C=O) groups excluding carboxylic acids is 2. The summed E-state index contributed by atoms with van der Waals surface area (Å²) in [5.41, 5.74) is 4.73. The minimum absolute atomic E-state index is 0.0305. The number of aromatic nitrogens is 1. The molecule has 3 aliphatic heterocycles. The van der Waals surface area contributed by atoms with E-state index in [4.69, 9.17) is 14.2 Å². The van der Waals surface area contributed by atoms with E-state index in [0.29, 0.717) is 38.3 Å². The van der Waals surface area contributed by atoms with E-state index in [1.807, 2.05) is 35.2 Å². The van der Waals surface area contributed by atoms with Gasteiger partial charge in [-0.1, -0.05) is 25.5 Å². The second-order valence-corrected chi connectivity index (χ2v) is 12.3. The molecular weight excluding hydrogens is 560 g/mol. The van der Waals surface area contributed by atoms with Crippen LogP contribution in [0.15, 0.2) is 42.5 Å². The van der Waals surface area contributed by atoms with Gasteiger partial charge in [0.2, 0.25) is 5.91 Å². The number of hydrogen-bond donors (Lipinski definition) is 1. The zero-order chi connectivity index (χ0) is 30.8. The van der Waals surface area contributed by atoms with Gasteiger partial charge in [-0.3, -0.25) is 14.6 Å². The van der Waals surface area contributed by atoms with E-state index in [-0.39, 0.29) is 24.5 Å². The predicted octanol–water partition coefficient (Wildman–Crippen LogP) is 3.44. The number of esters is 1. The van der Waals surface area contributed by atoms with E-state index in [1.165, 1.54) is 0 Å². The molecule has 4 heterocycles. The number of amides is 1. The molecule has 44 heavy (non-hydrogen) atoms. The van der Waals surface area contributed by atoms with Crippen molar-refractivity contribution >= 4 is 22.8 Å². The highest BCUT2D eigenvalue weighted by Crippen LogP contribution is 2.43. The number of benzene rings is 2. The fourth-order valence-corrected chi connectivity index (χ4v) is 6.74. The topological polar surface area (TPSA) is 96.7 Å². The summed E-state index contributed by atoms with van der Waals surface area (Å²) < 4.78 is 19.6. The monoisotopic (exact) mass is 604 g/mol. The molecule has 6 rings (SSSR count). The van der Waals surface area contributed by atoms with Crippen LogP contribution in [0.25, 0.3) is 10.9 Å². The Morgan fingerprint density at radius 2 is 1.93 bits per heavy atom. The number of unbranched alkanes of at least 4 members (excludes halogenated alkanes) is 1. The number of fused-ring (bicyclic) bond motifs is 5.